The molecule has 2 aromatic heterocycles. The Morgan fingerprint density at radius 2 is 2.22 bits per heavy atom. The number of aromatic nitrogens is 3. The molecule has 118 valence electrons. The van der Waals surface area contributed by atoms with E-state index in [1.54, 1.807) is 24.0 Å². The summed E-state index contributed by atoms with van der Waals surface area (Å²) in [5.41, 5.74) is 7.65. The van der Waals surface area contributed by atoms with Gasteiger partial charge in [-0.15, -0.1) is 0 Å². The van der Waals surface area contributed by atoms with E-state index in [1.165, 1.54) is 0 Å². The standard InChI is InChI=1S/C16H15ClN4O2/c1-9(22)15-13(16(18)23)8-21(20-15)7-10-2-3-14-11(4-10)5-12(17)6-19-14/h2-6,8-9,22H,7H2,1H3,(H2,18,23). The monoisotopic (exact) mass is 330 g/mol. The molecular formula is C16H15ClN4O2. The van der Waals surface area contributed by atoms with Crippen molar-refractivity contribution in [3.05, 3.63) is 58.5 Å². The van der Waals surface area contributed by atoms with Crippen molar-refractivity contribution in [1.29, 1.82) is 0 Å². The quantitative estimate of drug-likeness (QED) is 0.767. The summed E-state index contributed by atoms with van der Waals surface area (Å²) in [5, 5.41) is 15.4. The molecule has 23 heavy (non-hydrogen) atoms. The number of amides is 1. The maximum atomic E-state index is 11.4. The summed E-state index contributed by atoms with van der Waals surface area (Å²) in [6.07, 6.45) is 2.29. The number of halogens is 1. The first-order chi connectivity index (χ1) is 10.9. The Bertz CT molecular complexity index is 889. The van der Waals surface area contributed by atoms with E-state index >= 15 is 0 Å². The van der Waals surface area contributed by atoms with Crippen LogP contribution in [0.5, 0.6) is 0 Å². The van der Waals surface area contributed by atoms with E-state index in [0.29, 0.717) is 11.6 Å². The summed E-state index contributed by atoms with van der Waals surface area (Å²) in [4.78, 5) is 15.7. The van der Waals surface area contributed by atoms with Gasteiger partial charge >= 0.3 is 0 Å². The molecule has 0 radical (unpaired) electrons. The minimum Gasteiger partial charge on any atom is -0.387 e. The molecule has 3 aromatic rings. The third-order valence-corrected chi connectivity index (χ3v) is 3.72. The SMILES string of the molecule is CC(O)c1nn(Cc2ccc3ncc(Cl)cc3c2)cc1C(N)=O. The van der Waals surface area contributed by atoms with Gasteiger partial charge < -0.3 is 10.8 Å². The second-order valence-corrected chi connectivity index (χ2v) is 5.78. The lowest BCUT2D eigenvalue weighted by molar-refractivity contribution is 0.0993. The van der Waals surface area contributed by atoms with E-state index < -0.39 is 12.0 Å². The van der Waals surface area contributed by atoms with E-state index in [1.807, 2.05) is 24.3 Å². The third-order valence-electron chi connectivity index (χ3n) is 3.51. The Morgan fingerprint density at radius 1 is 1.43 bits per heavy atom. The Labute approximate surface area is 137 Å². The van der Waals surface area contributed by atoms with Crippen LogP contribution < -0.4 is 5.73 Å². The molecule has 0 spiro atoms. The summed E-state index contributed by atoms with van der Waals surface area (Å²) in [6, 6.07) is 7.63. The van der Waals surface area contributed by atoms with Crippen LogP contribution in [0.15, 0.2) is 36.7 Å². The van der Waals surface area contributed by atoms with E-state index in [2.05, 4.69) is 10.1 Å². The molecule has 3 N–H and O–H groups in total. The molecule has 0 aliphatic carbocycles. The zero-order valence-corrected chi connectivity index (χ0v) is 13.2. The summed E-state index contributed by atoms with van der Waals surface area (Å²) in [7, 11) is 0. The molecule has 0 bridgehead atoms. The number of nitrogens with two attached hydrogens (primary N) is 1. The van der Waals surface area contributed by atoms with Gasteiger partial charge in [0.2, 0.25) is 0 Å². The van der Waals surface area contributed by atoms with Crippen molar-refractivity contribution in [3.8, 4) is 0 Å². The van der Waals surface area contributed by atoms with Crippen molar-refractivity contribution in [2.24, 2.45) is 5.73 Å². The minimum absolute atomic E-state index is 0.227. The largest absolute Gasteiger partial charge is 0.387 e. The van der Waals surface area contributed by atoms with Gasteiger partial charge in [0, 0.05) is 17.8 Å². The molecular weight excluding hydrogens is 316 g/mol. The number of aliphatic hydroxyl groups is 1. The highest BCUT2D eigenvalue weighted by Gasteiger charge is 2.17. The zero-order chi connectivity index (χ0) is 16.6. The molecule has 0 saturated carbocycles. The molecule has 0 saturated heterocycles. The highest BCUT2D eigenvalue weighted by Crippen LogP contribution is 2.20. The third kappa shape index (κ3) is 3.18. The number of hydrogen-bond donors (Lipinski definition) is 2. The van der Waals surface area contributed by atoms with Crippen molar-refractivity contribution in [2.45, 2.75) is 19.6 Å². The van der Waals surface area contributed by atoms with Crippen LogP contribution in [0.25, 0.3) is 10.9 Å². The van der Waals surface area contributed by atoms with Gasteiger partial charge in [-0.1, -0.05) is 17.7 Å². The first-order valence-electron chi connectivity index (χ1n) is 7.03. The van der Waals surface area contributed by atoms with Gasteiger partial charge in [-0.25, -0.2) is 0 Å². The van der Waals surface area contributed by atoms with Gasteiger partial charge in [0.1, 0.15) is 5.69 Å². The van der Waals surface area contributed by atoms with Gasteiger partial charge in [0.05, 0.1) is 28.8 Å². The maximum Gasteiger partial charge on any atom is 0.252 e. The molecule has 1 atom stereocenters. The van der Waals surface area contributed by atoms with Crippen molar-refractivity contribution in [1.82, 2.24) is 14.8 Å². The molecule has 0 aliphatic heterocycles. The van der Waals surface area contributed by atoms with Gasteiger partial charge in [-0.05, 0) is 30.7 Å². The van der Waals surface area contributed by atoms with Crippen LogP contribution in [0.4, 0.5) is 0 Å². The molecule has 3 rings (SSSR count). The van der Waals surface area contributed by atoms with Crippen molar-refractivity contribution in [2.75, 3.05) is 0 Å². The van der Waals surface area contributed by atoms with Crippen molar-refractivity contribution < 1.29 is 9.90 Å². The van der Waals surface area contributed by atoms with Crippen LogP contribution >= 0.6 is 11.6 Å². The second kappa shape index (κ2) is 5.98. The fourth-order valence-corrected chi connectivity index (χ4v) is 2.62. The van der Waals surface area contributed by atoms with Crippen LogP contribution in [-0.2, 0) is 6.54 Å². The van der Waals surface area contributed by atoms with Crippen LogP contribution in [0.2, 0.25) is 5.02 Å². The molecule has 0 fully saturated rings. The van der Waals surface area contributed by atoms with Gasteiger partial charge in [-0.3, -0.25) is 14.5 Å². The highest BCUT2D eigenvalue weighted by atomic mass is 35.5. The molecule has 6 nitrogen and oxygen atoms in total. The Hall–Kier alpha value is -2.44. The summed E-state index contributed by atoms with van der Waals surface area (Å²) in [5.74, 6) is -0.610. The first-order valence-corrected chi connectivity index (χ1v) is 7.41. The zero-order valence-electron chi connectivity index (χ0n) is 12.4. The number of primary amides is 1. The van der Waals surface area contributed by atoms with E-state index in [-0.39, 0.29) is 11.3 Å². The van der Waals surface area contributed by atoms with Crippen LogP contribution in [0.1, 0.15) is 34.6 Å². The maximum absolute atomic E-state index is 11.4. The molecule has 2 heterocycles. The molecule has 1 amide bonds. The summed E-state index contributed by atoms with van der Waals surface area (Å²) < 4.78 is 1.58. The number of benzene rings is 1. The van der Waals surface area contributed by atoms with E-state index in [4.69, 9.17) is 17.3 Å². The topological polar surface area (TPSA) is 94.0 Å². The van der Waals surface area contributed by atoms with Crippen molar-refractivity contribution >= 4 is 28.4 Å². The smallest absolute Gasteiger partial charge is 0.252 e. The summed E-state index contributed by atoms with van der Waals surface area (Å²) in [6.45, 7) is 1.98. The lowest BCUT2D eigenvalue weighted by Crippen LogP contribution is -2.13. The Morgan fingerprint density at radius 3 is 2.87 bits per heavy atom. The first kappa shape index (κ1) is 15.5. The number of carbonyl (C=O) groups excluding carboxylic acids is 1. The molecule has 0 aliphatic rings. The average Bonchev–Trinajstić information content (AvgIpc) is 2.91. The lowest BCUT2D eigenvalue weighted by Gasteiger charge is -2.05. The number of nitrogens with zero attached hydrogens (tertiary/aromatic N) is 3. The highest BCUT2D eigenvalue weighted by molar-refractivity contribution is 6.31. The Kier molecular flexibility index (Phi) is 4.02. The Balaban J connectivity index is 1.95. The van der Waals surface area contributed by atoms with Gasteiger partial charge in [0.25, 0.3) is 5.91 Å². The van der Waals surface area contributed by atoms with E-state index in [0.717, 1.165) is 16.5 Å². The lowest BCUT2D eigenvalue weighted by atomic mass is 10.1. The van der Waals surface area contributed by atoms with Gasteiger partial charge in [-0.2, -0.15) is 5.10 Å². The number of fused-ring (bicyclic) bond motifs is 1. The van der Waals surface area contributed by atoms with E-state index in [9.17, 15) is 9.90 Å². The second-order valence-electron chi connectivity index (χ2n) is 5.35. The normalized spacial score (nSPS) is 12.5. The summed E-state index contributed by atoms with van der Waals surface area (Å²) >= 11 is 5.97. The van der Waals surface area contributed by atoms with Gasteiger partial charge in [0.15, 0.2) is 0 Å². The predicted molar refractivity (Wildman–Crippen MR) is 87.2 cm³/mol. The van der Waals surface area contributed by atoms with Crippen LogP contribution in [-0.4, -0.2) is 25.8 Å². The number of rotatable bonds is 4. The fourth-order valence-electron chi connectivity index (χ4n) is 2.46. The van der Waals surface area contributed by atoms with Crippen LogP contribution in [0.3, 0.4) is 0 Å². The molecule has 7 heteroatoms. The molecule has 1 unspecified atom stereocenters. The number of hydrogen-bond acceptors (Lipinski definition) is 4. The molecule has 1 aromatic carbocycles. The minimum atomic E-state index is -0.863. The van der Waals surface area contributed by atoms with Crippen molar-refractivity contribution in [3.63, 3.8) is 0 Å². The number of carbonyl (C=O) groups is 1. The number of pyridine rings is 1. The van der Waals surface area contributed by atoms with Crippen LogP contribution in [0, 0.1) is 0 Å². The average molecular weight is 331 g/mol. The fraction of sp³-hybridized carbons (Fsp3) is 0.188. The predicted octanol–water partition coefficient (Wildman–Crippen LogP) is 2.29. The number of aliphatic hydroxyl groups excluding tert-OH is 1.